The van der Waals surface area contributed by atoms with E-state index in [4.69, 9.17) is 4.74 Å². The maximum Gasteiger partial charge on any atom is 0.414 e. The number of hydrogen-bond acceptors (Lipinski definition) is 4. The minimum absolute atomic E-state index is 0.0152. The fourth-order valence-electron chi connectivity index (χ4n) is 3.10. The SMILES string of the molecule is CCCN1C(=O)OCc2cc(CS(=O)(=O)Cc3ccc(C)cc3)ccc21. The smallest absolute Gasteiger partial charge is 0.414 e. The summed E-state index contributed by atoms with van der Waals surface area (Å²) in [7, 11) is -3.28. The molecule has 138 valence electrons. The van der Waals surface area contributed by atoms with Crippen LogP contribution in [-0.4, -0.2) is 21.1 Å². The first-order valence-corrected chi connectivity index (χ1v) is 10.5. The fourth-order valence-corrected chi connectivity index (χ4v) is 4.59. The summed E-state index contributed by atoms with van der Waals surface area (Å²) in [5, 5.41) is 0. The van der Waals surface area contributed by atoms with Crippen LogP contribution in [-0.2, 0) is 32.7 Å². The van der Waals surface area contributed by atoms with Gasteiger partial charge in [0.05, 0.1) is 17.2 Å². The number of sulfone groups is 1. The van der Waals surface area contributed by atoms with Crippen LogP contribution < -0.4 is 4.90 Å². The number of carbonyl (C=O) groups is 1. The van der Waals surface area contributed by atoms with E-state index in [-0.39, 0.29) is 24.2 Å². The molecule has 26 heavy (non-hydrogen) atoms. The molecule has 5 nitrogen and oxygen atoms in total. The molecule has 1 aliphatic rings. The third-order valence-electron chi connectivity index (χ3n) is 4.35. The Bertz CT molecular complexity index is 904. The second-order valence-corrected chi connectivity index (χ2v) is 8.75. The van der Waals surface area contributed by atoms with Gasteiger partial charge < -0.3 is 4.74 Å². The highest BCUT2D eigenvalue weighted by Crippen LogP contribution is 2.29. The maximum absolute atomic E-state index is 12.5. The van der Waals surface area contributed by atoms with E-state index >= 15 is 0 Å². The van der Waals surface area contributed by atoms with Gasteiger partial charge in [0, 0.05) is 12.1 Å². The van der Waals surface area contributed by atoms with E-state index in [0.717, 1.165) is 28.8 Å². The molecule has 0 saturated carbocycles. The molecule has 0 spiro atoms. The highest BCUT2D eigenvalue weighted by Gasteiger charge is 2.25. The molecule has 1 heterocycles. The number of hydrogen-bond donors (Lipinski definition) is 0. The van der Waals surface area contributed by atoms with Crippen molar-refractivity contribution in [3.05, 3.63) is 64.7 Å². The number of rotatable bonds is 6. The molecule has 0 N–H and O–H groups in total. The van der Waals surface area contributed by atoms with Gasteiger partial charge in [0.15, 0.2) is 9.84 Å². The summed E-state index contributed by atoms with van der Waals surface area (Å²) in [5.41, 5.74) is 4.26. The van der Waals surface area contributed by atoms with Gasteiger partial charge in [0.2, 0.25) is 0 Å². The van der Waals surface area contributed by atoms with E-state index in [0.29, 0.717) is 12.1 Å². The molecule has 0 aromatic heterocycles. The van der Waals surface area contributed by atoms with Crippen LogP contribution in [0.4, 0.5) is 10.5 Å². The molecule has 1 amide bonds. The molecule has 6 heteroatoms. The summed E-state index contributed by atoms with van der Waals surface area (Å²) in [6.45, 7) is 4.73. The van der Waals surface area contributed by atoms with Crippen molar-refractivity contribution >= 4 is 21.6 Å². The minimum atomic E-state index is -3.28. The first-order chi connectivity index (χ1) is 12.4. The molecule has 0 saturated heterocycles. The Labute approximate surface area is 154 Å². The molecule has 3 rings (SSSR count). The average molecular weight is 373 g/mol. The zero-order valence-electron chi connectivity index (χ0n) is 15.1. The first kappa shape index (κ1) is 18.5. The van der Waals surface area contributed by atoms with Gasteiger partial charge in [0.25, 0.3) is 0 Å². The predicted octanol–water partition coefficient (Wildman–Crippen LogP) is 3.98. The zero-order chi connectivity index (χ0) is 18.7. The second kappa shape index (κ2) is 7.50. The quantitative estimate of drug-likeness (QED) is 0.768. The van der Waals surface area contributed by atoms with Crippen molar-refractivity contribution < 1.29 is 17.9 Å². The molecule has 0 fully saturated rings. The average Bonchev–Trinajstić information content (AvgIpc) is 2.59. The zero-order valence-corrected chi connectivity index (χ0v) is 15.9. The van der Waals surface area contributed by atoms with Gasteiger partial charge in [0.1, 0.15) is 6.61 Å². The topological polar surface area (TPSA) is 63.7 Å². The molecule has 0 aliphatic carbocycles. The van der Waals surface area contributed by atoms with Crippen molar-refractivity contribution in [2.75, 3.05) is 11.4 Å². The second-order valence-electron chi connectivity index (χ2n) is 6.69. The van der Waals surface area contributed by atoms with Crippen molar-refractivity contribution in [3.63, 3.8) is 0 Å². The minimum Gasteiger partial charge on any atom is -0.444 e. The lowest BCUT2D eigenvalue weighted by Crippen LogP contribution is -2.36. The number of fused-ring (bicyclic) bond motifs is 1. The van der Waals surface area contributed by atoms with E-state index in [1.165, 1.54) is 0 Å². The third kappa shape index (κ3) is 4.25. The number of carbonyl (C=O) groups excluding carboxylic acids is 1. The Kier molecular flexibility index (Phi) is 5.32. The van der Waals surface area contributed by atoms with E-state index < -0.39 is 9.84 Å². The van der Waals surface area contributed by atoms with Gasteiger partial charge in [-0.3, -0.25) is 4.90 Å². The van der Waals surface area contributed by atoms with E-state index in [1.807, 2.05) is 50.2 Å². The molecular weight excluding hydrogens is 350 g/mol. The van der Waals surface area contributed by atoms with Gasteiger partial charge in [-0.25, -0.2) is 13.2 Å². The molecule has 2 aromatic carbocycles. The molecule has 0 atom stereocenters. The summed E-state index contributed by atoms with van der Waals surface area (Å²) < 4.78 is 30.3. The standard InChI is InChI=1S/C20H23NO4S/c1-3-10-21-19-9-8-17(11-18(19)12-25-20(21)22)14-26(23,24)13-16-6-4-15(2)5-7-16/h4-9,11H,3,10,12-14H2,1-2H3. The van der Waals surface area contributed by atoms with Crippen LogP contribution >= 0.6 is 0 Å². The number of cyclic esters (lactones) is 1. The number of amides is 1. The molecule has 0 unspecified atom stereocenters. The third-order valence-corrected chi connectivity index (χ3v) is 5.89. The largest absolute Gasteiger partial charge is 0.444 e. The van der Waals surface area contributed by atoms with E-state index in [9.17, 15) is 13.2 Å². The molecule has 2 aromatic rings. The summed E-state index contributed by atoms with van der Waals surface area (Å²) in [4.78, 5) is 13.5. The number of ether oxygens (including phenoxy) is 1. The van der Waals surface area contributed by atoms with Gasteiger partial charge >= 0.3 is 6.09 Å². The van der Waals surface area contributed by atoms with Crippen LogP contribution in [0.5, 0.6) is 0 Å². The molecule has 1 aliphatic heterocycles. The number of aryl methyl sites for hydroxylation is 1. The Morgan fingerprint density at radius 3 is 2.38 bits per heavy atom. The normalized spacial score (nSPS) is 14.1. The summed E-state index contributed by atoms with van der Waals surface area (Å²) in [5.74, 6) is -0.0167. The Hall–Kier alpha value is -2.34. The van der Waals surface area contributed by atoms with Crippen LogP contribution in [0.15, 0.2) is 42.5 Å². The molecule has 0 bridgehead atoms. The maximum atomic E-state index is 12.5. The number of benzene rings is 2. The van der Waals surface area contributed by atoms with E-state index in [2.05, 4.69) is 0 Å². The van der Waals surface area contributed by atoms with Gasteiger partial charge in [-0.2, -0.15) is 0 Å². The lowest BCUT2D eigenvalue weighted by molar-refractivity contribution is 0.142. The van der Waals surface area contributed by atoms with Gasteiger partial charge in [-0.1, -0.05) is 42.8 Å². The van der Waals surface area contributed by atoms with E-state index in [1.54, 1.807) is 11.0 Å². The summed E-state index contributed by atoms with van der Waals surface area (Å²) >= 11 is 0. The van der Waals surface area contributed by atoms with Crippen molar-refractivity contribution in [1.29, 1.82) is 0 Å². The molecular formula is C20H23NO4S. The van der Waals surface area contributed by atoms with Gasteiger partial charge in [-0.05, 0) is 36.6 Å². The van der Waals surface area contributed by atoms with Crippen molar-refractivity contribution in [2.24, 2.45) is 0 Å². The predicted molar refractivity (Wildman–Crippen MR) is 102 cm³/mol. The molecule has 0 radical (unpaired) electrons. The summed E-state index contributed by atoms with van der Waals surface area (Å²) in [6.07, 6.45) is 0.473. The number of nitrogens with zero attached hydrogens (tertiary/aromatic N) is 1. The van der Waals surface area contributed by atoms with Crippen LogP contribution in [0.3, 0.4) is 0 Å². The lowest BCUT2D eigenvalue weighted by atomic mass is 10.1. The lowest BCUT2D eigenvalue weighted by Gasteiger charge is -2.29. The first-order valence-electron chi connectivity index (χ1n) is 8.70. The van der Waals surface area contributed by atoms with Crippen molar-refractivity contribution in [1.82, 2.24) is 0 Å². The monoisotopic (exact) mass is 373 g/mol. The fraction of sp³-hybridized carbons (Fsp3) is 0.350. The van der Waals surface area contributed by atoms with Gasteiger partial charge in [-0.15, -0.1) is 0 Å². The van der Waals surface area contributed by atoms with Crippen LogP contribution in [0.1, 0.15) is 35.6 Å². The van der Waals surface area contributed by atoms with Crippen LogP contribution in [0, 0.1) is 6.92 Å². The van der Waals surface area contributed by atoms with Crippen molar-refractivity contribution in [2.45, 2.75) is 38.4 Å². The highest BCUT2D eigenvalue weighted by atomic mass is 32.2. The highest BCUT2D eigenvalue weighted by molar-refractivity contribution is 7.89. The summed E-state index contributed by atoms with van der Waals surface area (Å²) in [6, 6.07) is 13.0. The Balaban J connectivity index is 1.78. The van der Waals surface area contributed by atoms with Crippen LogP contribution in [0.25, 0.3) is 0 Å². The Morgan fingerprint density at radius 2 is 1.69 bits per heavy atom. The van der Waals surface area contributed by atoms with Crippen LogP contribution in [0.2, 0.25) is 0 Å². The van der Waals surface area contributed by atoms with Crippen molar-refractivity contribution in [3.8, 4) is 0 Å². The Morgan fingerprint density at radius 1 is 1.04 bits per heavy atom. The number of anilines is 1.